The quantitative estimate of drug-likeness (QED) is 0.814. The molecule has 0 aromatic carbocycles. The van der Waals surface area contributed by atoms with Crippen LogP contribution in [0.25, 0.3) is 0 Å². The summed E-state index contributed by atoms with van der Waals surface area (Å²) in [7, 11) is 0. The molecule has 1 unspecified atom stereocenters. The van der Waals surface area contributed by atoms with Crippen LogP contribution >= 0.6 is 11.3 Å². The average Bonchev–Trinajstić information content (AvgIpc) is 2.95. The molecule has 1 saturated heterocycles. The Labute approximate surface area is 137 Å². The second-order valence-electron chi connectivity index (χ2n) is 6.48. The van der Waals surface area contributed by atoms with Crippen molar-refractivity contribution in [2.45, 2.75) is 52.2 Å². The molecule has 0 spiro atoms. The van der Waals surface area contributed by atoms with Gasteiger partial charge in [-0.1, -0.05) is 6.92 Å². The number of thiophene rings is 1. The molecule has 1 aromatic rings. The summed E-state index contributed by atoms with van der Waals surface area (Å²) in [6.45, 7) is 9.14. The topological polar surface area (TPSA) is 49.8 Å². The van der Waals surface area contributed by atoms with Crippen molar-refractivity contribution in [1.82, 2.24) is 4.90 Å². The zero-order valence-corrected chi connectivity index (χ0v) is 14.6. The fourth-order valence-electron chi connectivity index (χ4n) is 2.65. The van der Waals surface area contributed by atoms with Gasteiger partial charge in [-0.05, 0) is 64.3 Å². The number of likely N-dealkylation sites (tertiary alicyclic amines) is 1. The van der Waals surface area contributed by atoms with E-state index in [0.29, 0.717) is 11.3 Å². The third-order valence-electron chi connectivity index (χ3n) is 4.09. The van der Waals surface area contributed by atoms with Crippen molar-refractivity contribution >= 4 is 17.3 Å². The highest BCUT2D eigenvalue weighted by molar-refractivity contribution is 7.14. The smallest absolute Gasteiger partial charge is 0.348 e. The van der Waals surface area contributed by atoms with Gasteiger partial charge < -0.3 is 14.7 Å². The molecule has 0 saturated carbocycles. The first kappa shape index (κ1) is 17.4. The van der Waals surface area contributed by atoms with Gasteiger partial charge in [-0.3, -0.25) is 0 Å². The number of rotatable bonds is 6. The maximum Gasteiger partial charge on any atom is 0.348 e. The number of carbonyl (C=O) groups is 1. The number of hydrogen-bond acceptors (Lipinski definition) is 5. The third-order valence-corrected chi connectivity index (χ3v) is 5.26. The van der Waals surface area contributed by atoms with E-state index in [1.54, 1.807) is 6.07 Å². The van der Waals surface area contributed by atoms with E-state index in [9.17, 15) is 9.90 Å². The van der Waals surface area contributed by atoms with Crippen LogP contribution in [0.2, 0.25) is 0 Å². The Morgan fingerprint density at radius 1 is 1.41 bits per heavy atom. The molecular formula is C17H27NO3S. The Kier molecular flexibility index (Phi) is 6.41. The predicted octanol–water partition coefficient (Wildman–Crippen LogP) is 3.47. The van der Waals surface area contributed by atoms with E-state index in [-0.39, 0.29) is 12.1 Å². The zero-order chi connectivity index (χ0) is 16.1. The van der Waals surface area contributed by atoms with E-state index < -0.39 is 6.10 Å². The first-order valence-corrected chi connectivity index (χ1v) is 8.98. The number of nitrogens with zero attached hydrogens (tertiary/aromatic N) is 1. The molecule has 1 aliphatic heterocycles. The van der Waals surface area contributed by atoms with Crippen molar-refractivity contribution < 1.29 is 14.6 Å². The van der Waals surface area contributed by atoms with Gasteiger partial charge in [0.25, 0.3) is 0 Å². The number of ether oxygens (including phenoxy) is 1. The Balaban J connectivity index is 1.81. The van der Waals surface area contributed by atoms with Crippen molar-refractivity contribution in [3.63, 3.8) is 0 Å². The van der Waals surface area contributed by atoms with Gasteiger partial charge in [-0.25, -0.2) is 4.79 Å². The van der Waals surface area contributed by atoms with Gasteiger partial charge in [0, 0.05) is 11.4 Å². The van der Waals surface area contributed by atoms with Gasteiger partial charge in [-0.2, -0.15) is 0 Å². The van der Waals surface area contributed by atoms with E-state index in [0.717, 1.165) is 30.4 Å². The molecule has 0 radical (unpaired) electrons. The van der Waals surface area contributed by atoms with E-state index in [1.807, 2.05) is 19.9 Å². The summed E-state index contributed by atoms with van der Waals surface area (Å²) in [5, 5.41) is 10.3. The lowest BCUT2D eigenvalue weighted by Crippen LogP contribution is -2.34. The van der Waals surface area contributed by atoms with Gasteiger partial charge in [0.2, 0.25) is 0 Å². The summed E-state index contributed by atoms with van der Waals surface area (Å²) in [6.07, 6.45) is 2.60. The van der Waals surface area contributed by atoms with Crippen molar-refractivity contribution in [2.24, 2.45) is 5.92 Å². The normalized spacial score (nSPS) is 18.6. The van der Waals surface area contributed by atoms with Crippen LogP contribution in [0.4, 0.5) is 0 Å². The van der Waals surface area contributed by atoms with E-state index >= 15 is 0 Å². The molecule has 0 bridgehead atoms. The lowest BCUT2D eigenvalue weighted by Gasteiger charge is -2.30. The number of carbonyl (C=O) groups excluding carboxylic acids is 1. The Bertz CT molecular complexity index is 478. The summed E-state index contributed by atoms with van der Waals surface area (Å²) >= 11 is 1.34. The Morgan fingerprint density at radius 3 is 2.73 bits per heavy atom. The SMILES string of the molecule is CC1CCN(CCC(O)c2ccc(C(=O)OC(C)C)s2)CC1. The monoisotopic (exact) mass is 325 g/mol. The van der Waals surface area contributed by atoms with Crippen LogP contribution in [0.5, 0.6) is 0 Å². The van der Waals surface area contributed by atoms with Crippen LogP contribution in [0.1, 0.15) is 60.7 Å². The molecule has 1 aliphatic rings. The summed E-state index contributed by atoms with van der Waals surface area (Å²) < 4.78 is 5.18. The summed E-state index contributed by atoms with van der Waals surface area (Å²) in [6, 6.07) is 3.58. The highest BCUT2D eigenvalue weighted by Crippen LogP contribution is 2.27. The number of piperidine rings is 1. The van der Waals surface area contributed by atoms with Crippen LogP contribution in [-0.4, -0.2) is 41.7 Å². The van der Waals surface area contributed by atoms with E-state index in [4.69, 9.17) is 4.74 Å². The highest BCUT2D eigenvalue weighted by atomic mass is 32.1. The second-order valence-corrected chi connectivity index (χ2v) is 7.60. The molecule has 4 nitrogen and oxygen atoms in total. The second kappa shape index (κ2) is 8.09. The largest absolute Gasteiger partial charge is 0.459 e. The summed E-state index contributed by atoms with van der Waals surface area (Å²) in [5.41, 5.74) is 0. The van der Waals surface area contributed by atoms with Crippen LogP contribution in [0.3, 0.4) is 0 Å². The van der Waals surface area contributed by atoms with Gasteiger partial charge in [-0.15, -0.1) is 11.3 Å². The number of aliphatic hydroxyl groups is 1. The van der Waals surface area contributed by atoms with Gasteiger partial charge in [0.1, 0.15) is 4.88 Å². The van der Waals surface area contributed by atoms with E-state index in [1.165, 1.54) is 24.2 Å². The molecule has 5 heteroatoms. The van der Waals surface area contributed by atoms with Gasteiger partial charge in [0.05, 0.1) is 12.2 Å². The first-order valence-electron chi connectivity index (χ1n) is 8.17. The molecular weight excluding hydrogens is 298 g/mol. The summed E-state index contributed by atoms with van der Waals surface area (Å²) in [4.78, 5) is 15.7. The minimum absolute atomic E-state index is 0.121. The van der Waals surface area contributed by atoms with E-state index in [2.05, 4.69) is 11.8 Å². The maximum atomic E-state index is 11.8. The highest BCUT2D eigenvalue weighted by Gasteiger charge is 2.19. The third kappa shape index (κ3) is 5.07. The molecule has 0 amide bonds. The Morgan fingerprint density at radius 2 is 2.09 bits per heavy atom. The standard InChI is InChI=1S/C17H27NO3S/c1-12(2)21-17(20)16-5-4-15(22-16)14(19)8-11-18-9-6-13(3)7-10-18/h4-5,12-14,19H,6-11H2,1-3H3. The number of esters is 1. The molecule has 2 heterocycles. The molecule has 124 valence electrons. The predicted molar refractivity (Wildman–Crippen MR) is 89.3 cm³/mol. The van der Waals surface area contributed by atoms with Crippen molar-refractivity contribution in [3.8, 4) is 0 Å². The lowest BCUT2D eigenvalue weighted by atomic mass is 9.99. The molecule has 1 fully saturated rings. The van der Waals surface area contributed by atoms with Gasteiger partial charge >= 0.3 is 5.97 Å². The average molecular weight is 325 g/mol. The zero-order valence-electron chi connectivity index (χ0n) is 13.7. The fraction of sp³-hybridized carbons (Fsp3) is 0.706. The van der Waals surface area contributed by atoms with Crippen molar-refractivity contribution in [2.75, 3.05) is 19.6 Å². The molecule has 1 aromatic heterocycles. The van der Waals surface area contributed by atoms with Crippen LogP contribution in [0.15, 0.2) is 12.1 Å². The lowest BCUT2D eigenvalue weighted by molar-refractivity contribution is 0.0384. The number of aliphatic hydroxyl groups excluding tert-OH is 1. The summed E-state index contributed by atoms with van der Waals surface area (Å²) in [5.74, 6) is 0.525. The molecule has 1 atom stereocenters. The molecule has 0 aliphatic carbocycles. The molecule has 22 heavy (non-hydrogen) atoms. The minimum atomic E-state index is -0.495. The van der Waals surface area contributed by atoms with Crippen LogP contribution in [-0.2, 0) is 4.74 Å². The maximum absolute atomic E-state index is 11.8. The molecule has 2 rings (SSSR count). The fourth-order valence-corrected chi connectivity index (χ4v) is 3.56. The van der Waals surface area contributed by atoms with Crippen molar-refractivity contribution in [3.05, 3.63) is 21.9 Å². The molecule has 1 N–H and O–H groups in total. The van der Waals surface area contributed by atoms with Crippen LogP contribution < -0.4 is 0 Å². The minimum Gasteiger partial charge on any atom is -0.459 e. The van der Waals surface area contributed by atoms with Crippen molar-refractivity contribution in [1.29, 1.82) is 0 Å². The van der Waals surface area contributed by atoms with Crippen LogP contribution in [0, 0.1) is 5.92 Å². The number of hydrogen-bond donors (Lipinski definition) is 1. The first-order chi connectivity index (χ1) is 10.5. The Hall–Kier alpha value is -0.910. The van der Waals surface area contributed by atoms with Gasteiger partial charge in [0.15, 0.2) is 0 Å².